The Hall–Kier alpha value is -1.18. The van der Waals surface area contributed by atoms with Gasteiger partial charge in [0.1, 0.15) is 0 Å². The van der Waals surface area contributed by atoms with Crippen molar-refractivity contribution >= 4 is 11.4 Å². The monoisotopic (exact) mass is 176 g/mol. The number of hydrogen-bond acceptors (Lipinski definition) is 2. The number of nitrogen functional groups attached to an aromatic ring is 1. The standard InChI is InChI=1S/C11H16N2/c1-2-3-8-7-13-11-5-4-9(12)6-10(8)11/h4-6,8,13H,2-3,7,12H2,1H3/t8-/m1/s1. The first-order valence-electron chi connectivity index (χ1n) is 4.94. The molecule has 0 unspecified atom stereocenters. The van der Waals surface area contributed by atoms with Crippen molar-refractivity contribution in [3.8, 4) is 0 Å². The second-order valence-corrected chi connectivity index (χ2v) is 3.71. The molecule has 0 radical (unpaired) electrons. The third kappa shape index (κ3) is 1.48. The average molecular weight is 176 g/mol. The average Bonchev–Trinajstić information content (AvgIpc) is 2.49. The summed E-state index contributed by atoms with van der Waals surface area (Å²) in [5.74, 6) is 0.670. The lowest BCUT2D eigenvalue weighted by Gasteiger charge is -2.08. The molecule has 1 aliphatic rings. The van der Waals surface area contributed by atoms with Gasteiger partial charge in [-0.2, -0.15) is 0 Å². The van der Waals surface area contributed by atoms with Gasteiger partial charge in [-0.1, -0.05) is 13.3 Å². The Bertz CT molecular complexity index is 305. The van der Waals surface area contributed by atoms with E-state index in [1.54, 1.807) is 0 Å². The van der Waals surface area contributed by atoms with Gasteiger partial charge in [-0.3, -0.25) is 0 Å². The lowest BCUT2D eigenvalue weighted by molar-refractivity contribution is 0.661. The molecule has 2 nitrogen and oxygen atoms in total. The molecule has 1 heterocycles. The number of fused-ring (bicyclic) bond motifs is 1. The van der Waals surface area contributed by atoms with Gasteiger partial charge in [0.05, 0.1) is 0 Å². The van der Waals surface area contributed by atoms with Crippen LogP contribution in [-0.4, -0.2) is 6.54 Å². The van der Waals surface area contributed by atoms with Crippen LogP contribution in [-0.2, 0) is 0 Å². The molecule has 2 rings (SSSR count). The van der Waals surface area contributed by atoms with Gasteiger partial charge >= 0.3 is 0 Å². The highest BCUT2D eigenvalue weighted by Crippen LogP contribution is 2.35. The summed E-state index contributed by atoms with van der Waals surface area (Å²) in [7, 11) is 0. The second-order valence-electron chi connectivity index (χ2n) is 3.71. The first kappa shape index (κ1) is 8.42. The Kier molecular flexibility index (Phi) is 2.13. The zero-order valence-electron chi connectivity index (χ0n) is 8.01. The number of rotatable bonds is 2. The number of nitrogens with two attached hydrogens (primary N) is 1. The van der Waals surface area contributed by atoms with E-state index in [-0.39, 0.29) is 0 Å². The lowest BCUT2D eigenvalue weighted by Crippen LogP contribution is -2.00. The molecule has 13 heavy (non-hydrogen) atoms. The molecule has 1 atom stereocenters. The SMILES string of the molecule is CCC[C@@H]1CNc2ccc(N)cc21. The van der Waals surface area contributed by atoms with E-state index in [0.29, 0.717) is 5.92 Å². The van der Waals surface area contributed by atoms with Crippen molar-refractivity contribution in [2.45, 2.75) is 25.7 Å². The predicted molar refractivity (Wildman–Crippen MR) is 57.0 cm³/mol. The van der Waals surface area contributed by atoms with Crippen LogP contribution in [0.25, 0.3) is 0 Å². The normalized spacial score (nSPS) is 19.6. The highest BCUT2D eigenvalue weighted by atomic mass is 14.9. The summed E-state index contributed by atoms with van der Waals surface area (Å²) in [5, 5.41) is 3.41. The van der Waals surface area contributed by atoms with Crippen LogP contribution in [0.2, 0.25) is 0 Å². The number of nitrogens with one attached hydrogen (secondary N) is 1. The molecular formula is C11H16N2. The molecule has 2 heteroatoms. The van der Waals surface area contributed by atoms with Crippen LogP contribution in [0, 0.1) is 0 Å². The molecule has 0 saturated heterocycles. The summed E-state index contributed by atoms with van der Waals surface area (Å²) >= 11 is 0. The van der Waals surface area contributed by atoms with E-state index in [1.807, 2.05) is 6.07 Å². The minimum absolute atomic E-state index is 0.670. The summed E-state index contributed by atoms with van der Waals surface area (Å²) in [6, 6.07) is 6.15. The van der Waals surface area contributed by atoms with E-state index in [2.05, 4.69) is 24.4 Å². The van der Waals surface area contributed by atoms with Crippen molar-refractivity contribution in [3.05, 3.63) is 23.8 Å². The molecule has 0 fully saturated rings. The van der Waals surface area contributed by atoms with Gasteiger partial charge in [0, 0.05) is 23.8 Å². The highest BCUT2D eigenvalue weighted by molar-refractivity contribution is 5.62. The fourth-order valence-corrected chi connectivity index (χ4v) is 2.03. The topological polar surface area (TPSA) is 38.0 Å². The van der Waals surface area contributed by atoms with Crippen molar-refractivity contribution in [2.24, 2.45) is 0 Å². The Morgan fingerprint density at radius 3 is 3.15 bits per heavy atom. The fraction of sp³-hybridized carbons (Fsp3) is 0.455. The summed E-state index contributed by atoms with van der Waals surface area (Å²) in [6.45, 7) is 3.30. The van der Waals surface area contributed by atoms with Crippen LogP contribution in [0.4, 0.5) is 11.4 Å². The quantitative estimate of drug-likeness (QED) is 0.680. The van der Waals surface area contributed by atoms with Crippen molar-refractivity contribution < 1.29 is 0 Å². The molecule has 70 valence electrons. The highest BCUT2D eigenvalue weighted by Gasteiger charge is 2.20. The van der Waals surface area contributed by atoms with Crippen LogP contribution in [0.15, 0.2) is 18.2 Å². The lowest BCUT2D eigenvalue weighted by atomic mass is 9.96. The maximum Gasteiger partial charge on any atom is 0.0377 e. The summed E-state index contributed by atoms with van der Waals surface area (Å²) in [5.41, 5.74) is 9.32. The molecule has 0 aromatic heterocycles. The van der Waals surface area contributed by atoms with E-state index in [4.69, 9.17) is 5.73 Å². The Morgan fingerprint density at radius 2 is 2.38 bits per heavy atom. The molecule has 0 saturated carbocycles. The van der Waals surface area contributed by atoms with Crippen molar-refractivity contribution in [1.29, 1.82) is 0 Å². The fourth-order valence-electron chi connectivity index (χ4n) is 2.03. The predicted octanol–water partition coefficient (Wildman–Crippen LogP) is 2.58. The zero-order chi connectivity index (χ0) is 9.26. The molecule has 0 bridgehead atoms. The van der Waals surface area contributed by atoms with Crippen molar-refractivity contribution in [3.63, 3.8) is 0 Å². The molecule has 1 aromatic carbocycles. The van der Waals surface area contributed by atoms with Crippen LogP contribution >= 0.6 is 0 Å². The number of hydrogen-bond donors (Lipinski definition) is 2. The summed E-state index contributed by atoms with van der Waals surface area (Å²) in [6.07, 6.45) is 2.49. The molecule has 3 N–H and O–H groups in total. The molecule has 1 aromatic rings. The minimum Gasteiger partial charge on any atom is -0.399 e. The van der Waals surface area contributed by atoms with Gasteiger partial charge in [-0.25, -0.2) is 0 Å². The van der Waals surface area contributed by atoms with Gasteiger partial charge in [0.2, 0.25) is 0 Å². The van der Waals surface area contributed by atoms with Crippen molar-refractivity contribution in [1.82, 2.24) is 0 Å². The molecule has 0 aliphatic carbocycles. The van der Waals surface area contributed by atoms with E-state index in [1.165, 1.54) is 24.1 Å². The summed E-state index contributed by atoms with van der Waals surface area (Å²) in [4.78, 5) is 0. The van der Waals surface area contributed by atoms with Gasteiger partial charge < -0.3 is 11.1 Å². The minimum atomic E-state index is 0.670. The van der Waals surface area contributed by atoms with Gasteiger partial charge in [0.15, 0.2) is 0 Å². The Balaban J connectivity index is 2.29. The van der Waals surface area contributed by atoms with Gasteiger partial charge in [0.25, 0.3) is 0 Å². The summed E-state index contributed by atoms with van der Waals surface area (Å²) < 4.78 is 0. The van der Waals surface area contributed by atoms with Crippen LogP contribution in [0.5, 0.6) is 0 Å². The largest absolute Gasteiger partial charge is 0.399 e. The Morgan fingerprint density at radius 1 is 1.54 bits per heavy atom. The molecule has 0 spiro atoms. The third-order valence-electron chi connectivity index (χ3n) is 2.69. The van der Waals surface area contributed by atoms with E-state index < -0.39 is 0 Å². The molecular weight excluding hydrogens is 160 g/mol. The van der Waals surface area contributed by atoms with E-state index in [0.717, 1.165) is 12.2 Å². The van der Waals surface area contributed by atoms with E-state index in [9.17, 15) is 0 Å². The first-order valence-corrected chi connectivity index (χ1v) is 4.94. The van der Waals surface area contributed by atoms with Gasteiger partial charge in [-0.15, -0.1) is 0 Å². The number of anilines is 2. The van der Waals surface area contributed by atoms with Crippen LogP contribution in [0.1, 0.15) is 31.2 Å². The van der Waals surface area contributed by atoms with Crippen molar-refractivity contribution in [2.75, 3.05) is 17.6 Å². The maximum atomic E-state index is 5.76. The maximum absolute atomic E-state index is 5.76. The molecule has 1 aliphatic heterocycles. The Labute approximate surface area is 79.1 Å². The van der Waals surface area contributed by atoms with Crippen LogP contribution < -0.4 is 11.1 Å². The second kappa shape index (κ2) is 3.29. The van der Waals surface area contributed by atoms with Crippen LogP contribution in [0.3, 0.4) is 0 Å². The first-order chi connectivity index (χ1) is 6.31. The smallest absolute Gasteiger partial charge is 0.0377 e. The zero-order valence-corrected chi connectivity index (χ0v) is 8.01. The van der Waals surface area contributed by atoms with E-state index >= 15 is 0 Å². The number of benzene rings is 1. The third-order valence-corrected chi connectivity index (χ3v) is 2.69. The molecule has 0 amide bonds. The van der Waals surface area contributed by atoms with Gasteiger partial charge in [-0.05, 0) is 30.2 Å².